The molecular weight excluding hydrogens is 436 g/mol. The molecule has 168 valence electrons. The smallest absolute Gasteiger partial charge is 0.412 e. The van der Waals surface area contributed by atoms with E-state index in [0.29, 0.717) is 37.9 Å². The summed E-state index contributed by atoms with van der Waals surface area (Å²) in [7, 11) is -9.81. The largest absolute Gasteiger partial charge is 0.416 e. The Kier molecular flexibility index (Phi) is 7.79. The van der Waals surface area contributed by atoms with Crippen LogP contribution < -0.4 is 10.6 Å². The highest BCUT2D eigenvalue weighted by Crippen LogP contribution is 2.24. The van der Waals surface area contributed by atoms with Crippen LogP contribution in [0.4, 0.5) is 0 Å². The van der Waals surface area contributed by atoms with Gasteiger partial charge in [0.2, 0.25) is 0 Å². The van der Waals surface area contributed by atoms with Crippen molar-refractivity contribution in [2.24, 2.45) is 20.2 Å². The first-order chi connectivity index (χ1) is 12.5. The fourth-order valence-electron chi connectivity index (χ4n) is 2.54. The topological polar surface area (TPSA) is 232 Å². The van der Waals surface area contributed by atoms with Crippen LogP contribution in [0.2, 0.25) is 0 Å². The van der Waals surface area contributed by atoms with Gasteiger partial charge in [0.05, 0.1) is 13.1 Å². The first-order valence-corrected chi connectivity index (χ1v) is 10.7. The van der Waals surface area contributed by atoms with Crippen LogP contribution in [0.1, 0.15) is 13.8 Å². The summed E-state index contributed by atoms with van der Waals surface area (Å²) in [5.74, 6) is 0.737. The number of hydrogen-bond donors (Lipinski definition) is 2. The average molecular weight is 460 g/mol. The first-order valence-electron chi connectivity index (χ1n) is 8.05. The highest BCUT2D eigenvalue weighted by molar-refractivity contribution is 7.95. The third kappa shape index (κ3) is 5.87. The van der Waals surface area contributed by atoms with E-state index in [1.165, 1.54) is 0 Å². The van der Waals surface area contributed by atoms with Crippen LogP contribution in [0, 0.1) is 0 Å². The SMILES string of the molecule is CC1(C2=NCCN2)COS(=O)(=O)OS(=O)(=O)OCC(C)(C2=NCCN2)N=N1.O.O. The van der Waals surface area contributed by atoms with Crippen LogP contribution in [0.5, 0.6) is 0 Å². The van der Waals surface area contributed by atoms with Gasteiger partial charge in [-0.3, -0.25) is 9.98 Å². The van der Waals surface area contributed by atoms with Gasteiger partial charge < -0.3 is 21.6 Å². The molecule has 0 saturated carbocycles. The van der Waals surface area contributed by atoms with Gasteiger partial charge in [-0.2, -0.15) is 27.1 Å². The van der Waals surface area contributed by atoms with E-state index in [0.717, 1.165) is 0 Å². The van der Waals surface area contributed by atoms with Gasteiger partial charge in [-0.1, -0.05) is 0 Å². The van der Waals surface area contributed by atoms with Crippen LogP contribution in [0.25, 0.3) is 0 Å². The molecule has 0 radical (unpaired) electrons. The van der Waals surface area contributed by atoms with Crippen molar-refractivity contribution in [3.63, 3.8) is 0 Å². The van der Waals surface area contributed by atoms with Gasteiger partial charge in [-0.15, -0.1) is 3.63 Å². The van der Waals surface area contributed by atoms with Gasteiger partial charge in [-0.25, -0.2) is 8.37 Å². The lowest BCUT2D eigenvalue weighted by Gasteiger charge is -2.27. The quantitative estimate of drug-likeness (QED) is 0.423. The fourth-order valence-corrected chi connectivity index (χ4v) is 4.42. The number of nitrogens with zero attached hydrogens (tertiary/aromatic N) is 4. The second-order valence-corrected chi connectivity index (χ2v) is 9.12. The minimum absolute atomic E-state index is 0. The molecule has 0 spiro atoms. The van der Waals surface area contributed by atoms with Gasteiger partial charge in [0.25, 0.3) is 0 Å². The van der Waals surface area contributed by atoms with E-state index in [1.807, 2.05) is 0 Å². The van der Waals surface area contributed by atoms with E-state index in [9.17, 15) is 16.8 Å². The minimum atomic E-state index is -4.91. The summed E-state index contributed by atoms with van der Waals surface area (Å²) < 4.78 is 60.9. The Hall–Kier alpha value is -1.76. The van der Waals surface area contributed by atoms with Gasteiger partial charge >= 0.3 is 20.8 Å². The number of nitrogens with one attached hydrogen (secondary N) is 2. The summed E-state index contributed by atoms with van der Waals surface area (Å²) in [6, 6.07) is 0. The third-order valence-corrected chi connectivity index (χ3v) is 6.14. The van der Waals surface area contributed by atoms with Crippen molar-refractivity contribution < 1.29 is 39.8 Å². The molecule has 6 N–H and O–H groups in total. The maximum absolute atomic E-state index is 11.9. The average Bonchev–Trinajstić information content (AvgIpc) is 3.29. The zero-order valence-corrected chi connectivity index (χ0v) is 17.3. The van der Waals surface area contributed by atoms with Crippen molar-refractivity contribution in [3.8, 4) is 0 Å². The maximum atomic E-state index is 11.9. The van der Waals surface area contributed by atoms with Crippen molar-refractivity contribution >= 4 is 32.5 Å². The summed E-state index contributed by atoms with van der Waals surface area (Å²) in [5, 5.41) is 14.5. The van der Waals surface area contributed by atoms with Crippen LogP contribution in [-0.4, -0.2) is 89.9 Å². The number of hydrogen-bond acceptors (Lipinski definition) is 13. The molecule has 3 rings (SSSR count). The lowest BCUT2D eigenvalue weighted by atomic mass is 10.0. The monoisotopic (exact) mass is 460 g/mol. The Bertz CT molecular complexity index is 831. The van der Waals surface area contributed by atoms with E-state index in [-0.39, 0.29) is 11.0 Å². The highest BCUT2D eigenvalue weighted by Gasteiger charge is 2.42. The summed E-state index contributed by atoms with van der Waals surface area (Å²) >= 11 is 0. The Morgan fingerprint density at radius 1 is 0.793 bits per heavy atom. The zero-order chi connectivity index (χ0) is 19.8. The molecule has 3 aliphatic heterocycles. The molecule has 0 aromatic rings. The molecule has 3 aliphatic rings. The standard InChI is InChI=1S/C12H20N6O7S2.2H2O/c1-11(9-13-3-4-14-9)7-23-26(19,20)25-27(21,22)24-8-12(2,18-17-11)10-15-5-6-16-10;;/h3-8H2,1-2H3,(H,13,14)(H,15,16);2*1H2. The van der Waals surface area contributed by atoms with Crippen LogP contribution in [0.15, 0.2) is 20.2 Å². The summed E-state index contributed by atoms with van der Waals surface area (Å²) in [6.45, 7) is 4.02. The minimum Gasteiger partial charge on any atom is -0.412 e. The van der Waals surface area contributed by atoms with Crippen molar-refractivity contribution in [2.75, 3.05) is 39.4 Å². The molecule has 0 fully saturated rings. The predicted molar refractivity (Wildman–Crippen MR) is 100 cm³/mol. The third-order valence-electron chi connectivity index (χ3n) is 4.00. The number of amidine groups is 2. The molecule has 0 saturated heterocycles. The summed E-state index contributed by atoms with van der Waals surface area (Å²) in [4.78, 5) is 8.49. The van der Waals surface area contributed by atoms with Gasteiger partial charge in [-0.05, 0) is 13.8 Å². The lowest BCUT2D eigenvalue weighted by Crippen LogP contribution is -2.47. The van der Waals surface area contributed by atoms with Gasteiger partial charge in [0, 0.05) is 13.1 Å². The molecule has 29 heavy (non-hydrogen) atoms. The van der Waals surface area contributed by atoms with Crippen LogP contribution in [-0.2, 0) is 32.8 Å². The Morgan fingerprint density at radius 2 is 1.17 bits per heavy atom. The van der Waals surface area contributed by atoms with E-state index >= 15 is 0 Å². The Labute approximate surface area is 167 Å². The molecule has 17 heteroatoms. The molecule has 3 heterocycles. The van der Waals surface area contributed by atoms with E-state index in [1.54, 1.807) is 13.8 Å². The summed E-state index contributed by atoms with van der Waals surface area (Å²) in [6.07, 6.45) is 0. The Morgan fingerprint density at radius 3 is 1.48 bits per heavy atom. The molecule has 0 aromatic carbocycles. The molecule has 0 aromatic heterocycles. The lowest BCUT2D eigenvalue weighted by molar-refractivity contribution is 0.221. The first kappa shape index (κ1) is 25.3. The molecule has 0 bridgehead atoms. The number of rotatable bonds is 2. The normalized spacial score (nSPS) is 33.6. The molecule has 0 aliphatic carbocycles. The van der Waals surface area contributed by atoms with E-state index in [2.05, 4.69) is 42.8 Å². The van der Waals surface area contributed by atoms with Crippen LogP contribution >= 0.6 is 0 Å². The van der Waals surface area contributed by atoms with Crippen molar-refractivity contribution in [1.29, 1.82) is 0 Å². The molecule has 15 nitrogen and oxygen atoms in total. The maximum Gasteiger partial charge on any atom is 0.416 e. The predicted octanol–water partition coefficient (Wildman–Crippen LogP) is -3.14. The van der Waals surface area contributed by atoms with E-state index in [4.69, 9.17) is 0 Å². The zero-order valence-electron chi connectivity index (χ0n) is 15.7. The molecule has 2 unspecified atom stereocenters. The molecule has 0 amide bonds. The summed E-state index contributed by atoms with van der Waals surface area (Å²) in [5.41, 5.74) is -2.64. The van der Waals surface area contributed by atoms with Gasteiger partial charge in [0.15, 0.2) is 11.1 Å². The molecular formula is C12H24N6O9S2. The van der Waals surface area contributed by atoms with Gasteiger partial charge in [0.1, 0.15) is 24.9 Å². The van der Waals surface area contributed by atoms with Crippen LogP contribution in [0.3, 0.4) is 0 Å². The van der Waals surface area contributed by atoms with Crippen molar-refractivity contribution in [3.05, 3.63) is 0 Å². The van der Waals surface area contributed by atoms with Crippen molar-refractivity contribution in [2.45, 2.75) is 24.9 Å². The highest BCUT2D eigenvalue weighted by atomic mass is 32.3. The second-order valence-electron chi connectivity index (χ2n) is 6.47. The van der Waals surface area contributed by atoms with Crippen molar-refractivity contribution in [1.82, 2.24) is 10.6 Å². The Balaban J connectivity index is 0.00000210. The number of azo groups is 1. The fraction of sp³-hybridized carbons (Fsp3) is 0.833. The number of aliphatic imine (C=N–C) groups is 2. The second kappa shape index (κ2) is 8.94. The van der Waals surface area contributed by atoms with E-state index < -0.39 is 45.1 Å². The molecule has 2 atom stereocenters.